The van der Waals surface area contributed by atoms with Crippen LogP contribution in [0.3, 0.4) is 0 Å². The Labute approximate surface area is 233 Å². The smallest absolute Gasteiger partial charge is 0.235 e. The molecular formula is C29H24ClN3OS3. The molecule has 1 amide bonds. The first-order valence-corrected chi connectivity index (χ1v) is 15.1. The van der Waals surface area contributed by atoms with Gasteiger partial charge in [-0.25, -0.2) is 4.98 Å². The van der Waals surface area contributed by atoms with Crippen LogP contribution in [0.15, 0.2) is 83.8 Å². The SMILES string of the molecule is O=C(CSc1ccc(Cl)cc1)Nc1sc2c(c1-c1nc3ccccc3s1)CCN(Cc1ccccc1)C2. The molecule has 0 aliphatic carbocycles. The number of hydrogen-bond donors (Lipinski definition) is 1. The van der Waals surface area contributed by atoms with Crippen molar-refractivity contribution >= 4 is 67.2 Å². The van der Waals surface area contributed by atoms with Gasteiger partial charge in [0.2, 0.25) is 5.91 Å². The zero-order valence-electron chi connectivity index (χ0n) is 19.9. The molecule has 6 rings (SSSR count). The van der Waals surface area contributed by atoms with E-state index in [2.05, 4.69) is 52.7 Å². The summed E-state index contributed by atoms with van der Waals surface area (Å²) in [7, 11) is 0. The van der Waals surface area contributed by atoms with Gasteiger partial charge in [0.1, 0.15) is 10.0 Å². The molecule has 8 heteroatoms. The number of benzene rings is 3. The van der Waals surface area contributed by atoms with E-state index in [9.17, 15) is 4.79 Å². The Bertz CT molecular complexity index is 1510. The van der Waals surface area contributed by atoms with Gasteiger partial charge in [-0.15, -0.1) is 34.4 Å². The number of carbonyl (C=O) groups is 1. The van der Waals surface area contributed by atoms with Gasteiger partial charge in [-0.05, 0) is 53.9 Å². The van der Waals surface area contributed by atoms with Crippen LogP contribution in [-0.4, -0.2) is 28.1 Å². The van der Waals surface area contributed by atoms with Crippen LogP contribution in [0.2, 0.25) is 5.02 Å². The van der Waals surface area contributed by atoms with Crippen LogP contribution in [0.5, 0.6) is 0 Å². The molecule has 2 aromatic heterocycles. The third-order valence-corrected chi connectivity index (χ3v) is 9.78. The number of hydrogen-bond acceptors (Lipinski definition) is 6. The molecule has 3 heterocycles. The van der Waals surface area contributed by atoms with Crippen LogP contribution in [0, 0.1) is 0 Å². The highest BCUT2D eigenvalue weighted by Gasteiger charge is 2.28. The fourth-order valence-corrected chi connectivity index (χ4v) is 7.81. The lowest BCUT2D eigenvalue weighted by molar-refractivity contribution is -0.113. The molecule has 1 aliphatic rings. The summed E-state index contributed by atoms with van der Waals surface area (Å²) < 4.78 is 1.16. The van der Waals surface area contributed by atoms with E-state index in [1.807, 2.05) is 36.4 Å². The molecule has 186 valence electrons. The molecule has 0 atom stereocenters. The van der Waals surface area contributed by atoms with Gasteiger partial charge in [-0.3, -0.25) is 9.69 Å². The summed E-state index contributed by atoms with van der Waals surface area (Å²) in [5.41, 5.74) is 4.75. The minimum atomic E-state index is -0.0120. The highest BCUT2D eigenvalue weighted by molar-refractivity contribution is 8.00. The number of carbonyl (C=O) groups excluding carboxylic acids is 1. The van der Waals surface area contributed by atoms with Gasteiger partial charge in [-0.1, -0.05) is 54.1 Å². The van der Waals surface area contributed by atoms with Crippen molar-refractivity contribution in [2.45, 2.75) is 24.4 Å². The fraction of sp³-hybridized carbons (Fsp3) is 0.172. The third-order valence-electron chi connectivity index (χ3n) is 6.33. The lowest BCUT2D eigenvalue weighted by Gasteiger charge is -2.27. The molecule has 1 N–H and O–H groups in total. The van der Waals surface area contributed by atoms with E-state index in [-0.39, 0.29) is 5.91 Å². The minimum absolute atomic E-state index is 0.0120. The molecule has 5 aromatic rings. The molecule has 0 saturated carbocycles. The summed E-state index contributed by atoms with van der Waals surface area (Å²) in [5, 5.41) is 5.82. The zero-order valence-corrected chi connectivity index (χ0v) is 23.2. The summed E-state index contributed by atoms with van der Waals surface area (Å²) in [6, 6.07) is 26.4. The molecule has 0 radical (unpaired) electrons. The summed E-state index contributed by atoms with van der Waals surface area (Å²) in [4.78, 5) is 22.8. The molecule has 0 bridgehead atoms. The first-order valence-electron chi connectivity index (χ1n) is 12.1. The van der Waals surface area contributed by atoms with Gasteiger partial charge < -0.3 is 5.32 Å². The van der Waals surface area contributed by atoms with E-state index >= 15 is 0 Å². The zero-order chi connectivity index (χ0) is 25.2. The highest BCUT2D eigenvalue weighted by atomic mass is 35.5. The van der Waals surface area contributed by atoms with Crippen LogP contribution in [-0.2, 0) is 24.3 Å². The van der Waals surface area contributed by atoms with E-state index < -0.39 is 0 Å². The van der Waals surface area contributed by atoms with E-state index in [4.69, 9.17) is 16.6 Å². The fourth-order valence-electron chi connectivity index (χ4n) is 4.57. The van der Waals surface area contributed by atoms with Crippen molar-refractivity contribution < 1.29 is 4.79 Å². The summed E-state index contributed by atoms with van der Waals surface area (Å²) in [6.07, 6.45) is 0.944. The molecule has 4 nitrogen and oxygen atoms in total. The first-order chi connectivity index (χ1) is 18.1. The number of nitrogens with zero attached hydrogens (tertiary/aromatic N) is 2. The number of fused-ring (bicyclic) bond motifs is 2. The molecule has 0 spiro atoms. The van der Waals surface area contributed by atoms with Crippen molar-refractivity contribution in [2.75, 3.05) is 17.6 Å². The maximum Gasteiger partial charge on any atom is 0.235 e. The molecule has 0 fully saturated rings. The molecule has 37 heavy (non-hydrogen) atoms. The van der Waals surface area contributed by atoms with Gasteiger partial charge >= 0.3 is 0 Å². The van der Waals surface area contributed by atoms with Gasteiger partial charge in [-0.2, -0.15) is 0 Å². The number of thioether (sulfide) groups is 1. The van der Waals surface area contributed by atoms with E-state index in [1.54, 1.807) is 22.7 Å². The quantitative estimate of drug-likeness (QED) is 0.205. The Morgan fingerprint density at radius 1 is 1.00 bits per heavy atom. The predicted octanol–water partition coefficient (Wildman–Crippen LogP) is 7.97. The number of aromatic nitrogens is 1. The molecule has 0 saturated heterocycles. The van der Waals surface area contributed by atoms with Crippen LogP contribution in [0.1, 0.15) is 16.0 Å². The molecule has 3 aromatic carbocycles. The third kappa shape index (κ3) is 5.61. The lowest BCUT2D eigenvalue weighted by Crippen LogP contribution is -2.29. The Morgan fingerprint density at radius 3 is 2.59 bits per heavy atom. The lowest BCUT2D eigenvalue weighted by atomic mass is 10.0. The molecule has 0 unspecified atom stereocenters. The van der Waals surface area contributed by atoms with Crippen molar-refractivity contribution in [2.24, 2.45) is 0 Å². The second-order valence-corrected chi connectivity index (χ2v) is 12.6. The van der Waals surface area contributed by atoms with Crippen molar-refractivity contribution in [3.05, 3.63) is 99.9 Å². The standard InChI is InChI=1S/C29H24ClN3OS3/c30-20-10-12-21(13-11-20)35-18-26(34)32-29-27(28-31-23-8-4-5-9-24(23)36-28)22-14-15-33(17-25(22)37-29)16-19-6-2-1-3-7-19/h1-13H,14-18H2,(H,32,34). The van der Waals surface area contributed by atoms with Crippen LogP contribution in [0.25, 0.3) is 20.8 Å². The van der Waals surface area contributed by atoms with Crippen LogP contribution in [0.4, 0.5) is 5.00 Å². The average molecular weight is 562 g/mol. The van der Waals surface area contributed by atoms with Gasteiger partial charge in [0.15, 0.2) is 0 Å². The second kappa shape index (κ2) is 11.0. The van der Waals surface area contributed by atoms with Crippen molar-refractivity contribution in [3.63, 3.8) is 0 Å². The Balaban J connectivity index is 1.27. The number of anilines is 1. The normalized spacial score (nSPS) is 13.5. The highest BCUT2D eigenvalue weighted by Crippen LogP contribution is 2.46. The van der Waals surface area contributed by atoms with E-state index in [0.717, 1.165) is 56.7 Å². The second-order valence-electron chi connectivity index (χ2n) is 8.93. The summed E-state index contributed by atoms with van der Waals surface area (Å²) >= 11 is 10.9. The van der Waals surface area contributed by atoms with Crippen molar-refractivity contribution in [1.29, 1.82) is 0 Å². The minimum Gasteiger partial charge on any atom is -0.316 e. The molecule has 1 aliphatic heterocycles. The Morgan fingerprint density at radius 2 is 1.78 bits per heavy atom. The number of nitrogens with one attached hydrogen (secondary N) is 1. The van der Waals surface area contributed by atoms with Crippen LogP contribution < -0.4 is 5.32 Å². The van der Waals surface area contributed by atoms with Crippen molar-refractivity contribution in [1.82, 2.24) is 9.88 Å². The Kier molecular flexibility index (Phi) is 7.31. The summed E-state index contributed by atoms with van der Waals surface area (Å²) in [5.74, 6) is 0.325. The van der Waals surface area contributed by atoms with Crippen LogP contribution >= 0.6 is 46.0 Å². The topological polar surface area (TPSA) is 45.2 Å². The average Bonchev–Trinajstić information content (AvgIpc) is 3.49. The molecular weight excluding hydrogens is 538 g/mol. The monoisotopic (exact) mass is 561 g/mol. The number of rotatable bonds is 7. The van der Waals surface area contributed by atoms with Gasteiger partial charge in [0.25, 0.3) is 0 Å². The van der Waals surface area contributed by atoms with Gasteiger partial charge in [0, 0.05) is 40.0 Å². The maximum atomic E-state index is 13.0. The number of thiazole rings is 1. The van der Waals surface area contributed by atoms with E-state index in [1.165, 1.54) is 27.8 Å². The Hall–Kier alpha value is -2.68. The number of amides is 1. The number of thiophene rings is 1. The summed E-state index contributed by atoms with van der Waals surface area (Å²) in [6.45, 7) is 2.78. The predicted molar refractivity (Wildman–Crippen MR) is 158 cm³/mol. The number of halogens is 1. The maximum absolute atomic E-state index is 13.0. The van der Waals surface area contributed by atoms with E-state index in [0.29, 0.717) is 10.8 Å². The number of para-hydroxylation sites is 1. The largest absolute Gasteiger partial charge is 0.316 e. The first kappa shape index (κ1) is 24.6. The van der Waals surface area contributed by atoms with Gasteiger partial charge in [0.05, 0.1) is 16.0 Å². The van der Waals surface area contributed by atoms with Crippen molar-refractivity contribution in [3.8, 4) is 10.6 Å².